The van der Waals surface area contributed by atoms with Crippen molar-refractivity contribution in [2.24, 2.45) is 0 Å². The summed E-state index contributed by atoms with van der Waals surface area (Å²) < 4.78 is 27.2. The Morgan fingerprint density at radius 2 is 2.00 bits per heavy atom. The van der Waals surface area contributed by atoms with Gasteiger partial charge in [-0.2, -0.15) is 4.31 Å². The minimum Gasteiger partial charge on any atom is -0.207 e. The lowest BCUT2D eigenvalue weighted by atomic mass is 10.1. The van der Waals surface area contributed by atoms with E-state index in [1.165, 1.54) is 11.1 Å². The lowest BCUT2D eigenvalue weighted by Crippen LogP contribution is -2.30. The fourth-order valence-electron chi connectivity index (χ4n) is 2.80. The molecule has 0 N–H and O–H groups in total. The van der Waals surface area contributed by atoms with Crippen molar-refractivity contribution in [3.63, 3.8) is 0 Å². The van der Waals surface area contributed by atoms with Gasteiger partial charge in [0, 0.05) is 18.0 Å². The van der Waals surface area contributed by atoms with Crippen molar-refractivity contribution in [3.05, 3.63) is 51.7 Å². The molecule has 0 saturated heterocycles. The molecule has 0 radical (unpaired) electrons. The van der Waals surface area contributed by atoms with Crippen molar-refractivity contribution >= 4 is 21.4 Å². The molecule has 1 aliphatic rings. The molecule has 112 valence electrons. The molecule has 0 fully saturated rings. The van der Waals surface area contributed by atoms with Gasteiger partial charge in [0.1, 0.15) is 0 Å². The second-order valence-electron chi connectivity index (χ2n) is 5.29. The van der Waals surface area contributed by atoms with Gasteiger partial charge in [0.05, 0.1) is 4.90 Å². The van der Waals surface area contributed by atoms with Crippen LogP contribution in [-0.2, 0) is 29.4 Å². The summed E-state index contributed by atoms with van der Waals surface area (Å²) in [7, 11) is -3.41. The Morgan fingerprint density at radius 3 is 2.71 bits per heavy atom. The first-order valence-corrected chi connectivity index (χ1v) is 9.57. The summed E-state index contributed by atoms with van der Waals surface area (Å²) in [4.78, 5) is 1.50. The summed E-state index contributed by atoms with van der Waals surface area (Å²) in [6, 6.07) is 9.54. The molecule has 3 nitrogen and oxygen atoms in total. The first-order chi connectivity index (χ1) is 10.1. The van der Waals surface area contributed by atoms with Gasteiger partial charge < -0.3 is 0 Å². The van der Waals surface area contributed by atoms with Crippen molar-refractivity contribution in [2.75, 3.05) is 6.54 Å². The first kappa shape index (κ1) is 14.8. The number of fused-ring (bicyclic) bond motifs is 1. The Balaban J connectivity index is 1.91. The van der Waals surface area contributed by atoms with Gasteiger partial charge in [-0.3, -0.25) is 0 Å². The average Bonchev–Trinajstić information content (AvgIpc) is 3.14. The molecule has 1 aliphatic carbocycles. The van der Waals surface area contributed by atoms with Gasteiger partial charge in [0.2, 0.25) is 10.0 Å². The third kappa shape index (κ3) is 2.91. The van der Waals surface area contributed by atoms with E-state index >= 15 is 0 Å². The van der Waals surface area contributed by atoms with Gasteiger partial charge in [-0.1, -0.05) is 19.1 Å². The van der Waals surface area contributed by atoms with Crippen LogP contribution < -0.4 is 0 Å². The predicted octanol–water partition coefficient (Wildman–Crippen LogP) is 3.45. The highest BCUT2D eigenvalue weighted by molar-refractivity contribution is 7.89. The molecule has 0 atom stereocenters. The van der Waals surface area contributed by atoms with Gasteiger partial charge in [-0.05, 0) is 54.0 Å². The maximum absolute atomic E-state index is 12.8. The third-order valence-corrected chi connectivity index (χ3v) is 6.75. The van der Waals surface area contributed by atoms with Crippen LogP contribution in [0.15, 0.2) is 40.6 Å². The highest BCUT2D eigenvalue weighted by Gasteiger charge is 2.25. The fourth-order valence-corrected chi connectivity index (χ4v) is 5.08. The molecule has 0 bridgehead atoms. The lowest BCUT2D eigenvalue weighted by molar-refractivity contribution is 0.426. The van der Waals surface area contributed by atoms with Crippen LogP contribution in [0.1, 0.15) is 29.3 Å². The van der Waals surface area contributed by atoms with E-state index in [1.54, 1.807) is 21.7 Å². The Morgan fingerprint density at radius 1 is 1.19 bits per heavy atom. The zero-order valence-electron chi connectivity index (χ0n) is 12.1. The molecular weight excluding hydrogens is 302 g/mol. The van der Waals surface area contributed by atoms with E-state index in [0.29, 0.717) is 18.0 Å². The molecule has 21 heavy (non-hydrogen) atoms. The SMILES string of the molecule is CCN(Cc1cccs1)S(=O)(=O)c1ccc2c(c1)CCC2. The Kier molecular flexibility index (Phi) is 4.15. The standard InChI is InChI=1S/C16H19NO2S2/c1-2-17(12-15-7-4-10-20-15)21(18,19)16-9-8-13-5-3-6-14(13)11-16/h4,7-11H,2-3,5-6,12H2,1H3. The van der Waals surface area contributed by atoms with Crippen molar-refractivity contribution < 1.29 is 8.42 Å². The summed E-state index contributed by atoms with van der Waals surface area (Å²) >= 11 is 1.59. The largest absolute Gasteiger partial charge is 0.243 e. The number of thiophene rings is 1. The van der Waals surface area contributed by atoms with Crippen LogP contribution >= 0.6 is 11.3 Å². The zero-order valence-corrected chi connectivity index (χ0v) is 13.7. The Labute approximate surface area is 130 Å². The smallest absolute Gasteiger partial charge is 0.207 e. The highest BCUT2D eigenvalue weighted by Crippen LogP contribution is 2.27. The lowest BCUT2D eigenvalue weighted by Gasteiger charge is -2.20. The number of hydrogen-bond donors (Lipinski definition) is 0. The Hall–Kier alpha value is -1.17. The molecule has 5 heteroatoms. The third-order valence-electron chi connectivity index (χ3n) is 3.97. The molecule has 0 aliphatic heterocycles. The van der Waals surface area contributed by atoms with Crippen LogP contribution in [0.2, 0.25) is 0 Å². The van der Waals surface area contributed by atoms with E-state index in [9.17, 15) is 8.42 Å². The molecular formula is C16H19NO2S2. The second-order valence-corrected chi connectivity index (χ2v) is 8.26. The zero-order chi connectivity index (χ0) is 14.9. The van der Waals surface area contributed by atoms with Crippen LogP contribution in [0.3, 0.4) is 0 Å². The Bertz CT molecular complexity index is 721. The summed E-state index contributed by atoms with van der Waals surface area (Å²) in [5, 5.41) is 1.98. The molecule has 1 heterocycles. The first-order valence-electron chi connectivity index (χ1n) is 7.25. The fraction of sp³-hybridized carbons (Fsp3) is 0.375. The van der Waals surface area contributed by atoms with Crippen molar-refractivity contribution in [1.29, 1.82) is 0 Å². The summed E-state index contributed by atoms with van der Waals surface area (Å²) in [6.45, 7) is 2.82. The van der Waals surface area contributed by atoms with Gasteiger partial charge in [0.25, 0.3) is 0 Å². The van der Waals surface area contributed by atoms with Crippen LogP contribution in [-0.4, -0.2) is 19.3 Å². The summed E-state index contributed by atoms with van der Waals surface area (Å²) in [6.07, 6.45) is 3.20. The van der Waals surface area contributed by atoms with Crippen molar-refractivity contribution in [1.82, 2.24) is 4.31 Å². The molecule has 0 amide bonds. The highest BCUT2D eigenvalue weighted by atomic mass is 32.2. The average molecular weight is 321 g/mol. The van der Waals surface area contributed by atoms with Gasteiger partial charge in [-0.15, -0.1) is 11.3 Å². The number of nitrogens with zero attached hydrogens (tertiary/aromatic N) is 1. The molecule has 1 aromatic carbocycles. The molecule has 0 spiro atoms. The quantitative estimate of drug-likeness (QED) is 0.846. The topological polar surface area (TPSA) is 37.4 Å². The number of aryl methyl sites for hydroxylation is 2. The van der Waals surface area contributed by atoms with Crippen molar-refractivity contribution in [3.8, 4) is 0 Å². The van der Waals surface area contributed by atoms with E-state index in [-0.39, 0.29) is 0 Å². The van der Waals surface area contributed by atoms with E-state index in [4.69, 9.17) is 0 Å². The maximum Gasteiger partial charge on any atom is 0.243 e. The summed E-state index contributed by atoms with van der Waals surface area (Å²) in [5.41, 5.74) is 2.50. The minimum absolute atomic E-state index is 0.432. The number of hydrogen-bond acceptors (Lipinski definition) is 3. The minimum atomic E-state index is -3.41. The molecule has 0 saturated carbocycles. The maximum atomic E-state index is 12.8. The molecule has 2 aromatic rings. The van der Waals surface area contributed by atoms with E-state index in [1.807, 2.05) is 36.6 Å². The van der Waals surface area contributed by atoms with Gasteiger partial charge in [-0.25, -0.2) is 8.42 Å². The van der Waals surface area contributed by atoms with E-state index in [2.05, 4.69) is 0 Å². The van der Waals surface area contributed by atoms with E-state index in [0.717, 1.165) is 24.1 Å². The number of rotatable bonds is 5. The normalized spacial score (nSPS) is 14.6. The monoisotopic (exact) mass is 321 g/mol. The van der Waals surface area contributed by atoms with E-state index < -0.39 is 10.0 Å². The van der Waals surface area contributed by atoms with Gasteiger partial charge >= 0.3 is 0 Å². The van der Waals surface area contributed by atoms with Crippen LogP contribution in [0.5, 0.6) is 0 Å². The number of benzene rings is 1. The predicted molar refractivity (Wildman–Crippen MR) is 86.1 cm³/mol. The van der Waals surface area contributed by atoms with Crippen LogP contribution in [0.4, 0.5) is 0 Å². The van der Waals surface area contributed by atoms with Gasteiger partial charge in [0.15, 0.2) is 0 Å². The van der Waals surface area contributed by atoms with Crippen molar-refractivity contribution in [2.45, 2.75) is 37.6 Å². The molecule has 3 rings (SSSR count). The van der Waals surface area contributed by atoms with Crippen LogP contribution in [0.25, 0.3) is 0 Å². The molecule has 0 unspecified atom stereocenters. The van der Waals surface area contributed by atoms with Crippen LogP contribution in [0, 0.1) is 0 Å². The second kappa shape index (κ2) is 5.91. The summed E-state index contributed by atoms with van der Waals surface area (Å²) in [5.74, 6) is 0. The number of sulfonamides is 1. The molecule has 1 aromatic heterocycles.